The minimum Gasteiger partial charge on any atom is -0.454 e. The zero-order valence-electron chi connectivity index (χ0n) is 15.6. The Morgan fingerprint density at radius 1 is 1.17 bits per heavy atom. The molecule has 1 aliphatic heterocycles. The minimum absolute atomic E-state index is 0.116. The van der Waals surface area contributed by atoms with Crippen molar-refractivity contribution in [3.63, 3.8) is 0 Å². The first kappa shape index (κ1) is 18.4. The van der Waals surface area contributed by atoms with Gasteiger partial charge in [0.1, 0.15) is 5.69 Å². The molecule has 3 aromatic rings. The molecule has 1 aromatic heterocycles. The second-order valence-corrected chi connectivity index (χ2v) is 7.83. The van der Waals surface area contributed by atoms with Gasteiger partial charge in [0.25, 0.3) is 11.6 Å². The van der Waals surface area contributed by atoms with Crippen molar-refractivity contribution < 1.29 is 19.2 Å². The summed E-state index contributed by atoms with van der Waals surface area (Å²) in [6.45, 7) is 0.193. The number of ether oxygens (including phenoxy) is 2. The third kappa shape index (κ3) is 3.64. The molecule has 1 fully saturated rings. The Labute approximate surface area is 174 Å². The van der Waals surface area contributed by atoms with E-state index >= 15 is 0 Å². The Bertz CT molecular complexity index is 1160. The lowest BCUT2D eigenvalue weighted by molar-refractivity contribution is -0.384. The first-order valence-corrected chi connectivity index (χ1v) is 10.2. The molecular weight excluding hydrogens is 408 g/mol. The maximum atomic E-state index is 12.6. The van der Waals surface area contributed by atoms with E-state index in [0.717, 1.165) is 18.4 Å². The molecule has 1 aliphatic carbocycles. The molecule has 0 radical (unpaired) electrons. The summed E-state index contributed by atoms with van der Waals surface area (Å²) in [7, 11) is 0. The topological polar surface area (TPSA) is 116 Å². The standard InChI is InChI=1S/C20H16N4O5S/c25-19(12-1-5-14(21-13-3-4-13)16(7-12)24(26)27)23-20-22-15(9-30-20)11-2-6-17-18(8-11)29-10-28-17/h1-2,5-9,13,21H,3-4,10H2,(H,22,23,25). The van der Waals surface area contributed by atoms with Gasteiger partial charge >= 0.3 is 0 Å². The van der Waals surface area contributed by atoms with Crippen LogP contribution in [0.2, 0.25) is 0 Å². The maximum absolute atomic E-state index is 12.6. The van der Waals surface area contributed by atoms with Crippen LogP contribution in [0.1, 0.15) is 23.2 Å². The molecular formula is C20H16N4O5S. The number of nitro groups is 1. The van der Waals surface area contributed by atoms with Crippen LogP contribution in [0.5, 0.6) is 11.5 Å². The molecule has 2 N–H and O–H groups in total. The van der Waals surface area contributed by atoms with Crippen molar-refractivity contribution >= 4 is 33.8 Å². The van der Waals surface area contributed by atoms with Gasteiger partial charge in [-0.25, -0.2) is 4.98 Å². The fraction of sp³-hybridized carbons (Fsp3) is 0.200. The molecule has 10 heteroatoms. The lowest BCUT2D eigenvalue weighted by Crippen LogP contribution is -2.13. The molecule has 0 bridgehead atoms. The predicted molar refractivity (Wildman–Crippen MR) is 111 cm³/mol. The first-order valence-electron chi connectivity index (χ1n) is 9.29. The van der Waals surface area contributed by atoms with Crippen LogP contribution in [0.3, 0.4) is 0 Å². The summed E-state index contributed by atoms with van der Waals surface area (Å²) in [5.41, 5.74) is 2.03. The molecule has 30 heavy (non-hydrogen) atoms. The monoisotopic (exact) mass is 424 g/mol. The molecule has 1 saturated carbocycles. The summed E-state index contributed by atoms with van der Waals surface area (Å²) in [4.78, 5) is 28.0. The van der Waals surface area contributed by atoms with Crippen LogP contribution < -0.4 is 20.1 Å². The largest absolute Gasteiger partial charge is 0.454 e. The fourth-order valence-electron chi connectivity index (χ4n) is 3.08. The summed E-state index contributed by atoms with van der Waals surface area (Å²) in [6, 6.07) is 10.2. The van der Waals surface area contributed by atoms with Crippen LogP contribution in [0, 0.1) is 10.1 Å². The van der Waals surface area contributed by atoms with Crippen LogP contribution in [-0.2, 0) is 0 Å². The van der Waals surface area contributed by atoms with Crippen molar-refractivity contribution in [3.05, 3.63) is 57.5 Å². The summed E-state index contributed by atoms with van der Waals surface area (Å²) in [5, 5.41) is 19.4. The van der Waals surface area contributed by atoms with E-state index in [0.29, 0.717) is 28.0 Å². The Morgan fingerprint density at radius 2 is 2.00 bits per heavy atom. The number of anilines is 2. The number of aromatic nitrogens is 1. The van der Waals surface area contributed by atoms with Gasteiger partial charge < -0.3 is 14.8 Å². The lowest BCUT2D eigenvalue weighted by atomic mass is 10.1. The summed E-state index contributed by atoms with van der Waals surface area (Å²) < 4.78 is 10.7. The highest BCUT2D eigenvalue weighted by atomic mass is 32.1. The average Bonchev–Trinajstić information content (AvgIpc) is 3.24. The number of amides is 1. The van der Waals surface area contributed by atoms with Gasteiger partial charge in [0.2, 0.25) is 6.79 Å². The number of nitrogens with zero attached hydrogens (tertiary/aromatic N) is 2. The molecule has 0 unspecified atom stereocenters. The number of hydrogen-bond acceptors (Lipinski definition) is 8. The average molecular weight is 424 g/mol. The van der Waals surface area contributed by atoms with Gasteiger partial charge in [-0.05, 0) is 43.2 Å². The lowest BCUT2D eigenvalue weighted by Gasteiger charge is -2.07. The Morgan fingerprint density at radius 3 is 2.80 bits per heavy atom. The van der Waals surface area contributed by atoms with Crippen LogP contribution in [-0.4, -0.2) is 28.6 Å². The van der Waals surface area contributed by atoms with E-state index in [2.05, 4.69) is 15.6 Å². The third-order valence-corrected chi connectivity index (χ3v) is 5.54. The molecule has 0 saturated heterocycles. The number of hydrogen-bond donors (Lipinski definition) is 2. The van der Waals surface area contributed by atoms with Crippen LogP contribution in [0.15, 0.2) is 41.8 Å². The Balaban J connectivity index is 1.33. The van der Waals surface area contributed by atoms with Gasteiger partial charge in [0.05, 0.1) is 10.6 Å². The van der Waals surface area contributed by atoms with Gasteiger partial charge in [-0.3, -0.25) is 20.2 Å². The van der Waals surface area contributed by atoms with Crippen molar-refractivity contribution in [1.82, 2.24) is 4.98 Å². The number of carbonyl (C=O) groups is 1. The summed E-state index contributed by atoms with van der Waals surface area (Å²) in [5.74, 6) is 0.879. The normalized spacial score (nSPS) is 14.4. The minimum atomic E-state index is -0.484. The first-order chi connectivity index (χ1) is 14.6. The van der Waals surface area contributed by atoms with Crippen LogP contribution >= 0.6 is 11.3 Å². The van der Waals surface area contributed by atoms with E-state index < -0.39 is 10.8 Å². The van der Waals surface area contributed by atoms with Crippen molar-refractivity contribution in [2.45, 2.75) is 18.9 Å². The van der Waals surface area contributed by atoms with Gasteiger partial charge in [0.15, 0.2) is 16.6 Å². The highest BCUT2D eigenvalue weighted by Crippen LogP contribution is 2.37. The highest BCUT2D eigenvalue weighted by Gasteiger charge is 2.26. The Kier molecular flexibility index (Phi) is 4.47. The Hall–Kier alpha value is -3.66. The summed E-state index contributed by atoms with van der Waals surface area (Å²) in [6.07, 6.45) is 1.99. The van der Waals surface area contributed by atoms with E-state index in [4.69, 9.17) is 9.47 Å². The smallest absolute Gasteiger partial charge is 0.293 e. The molecule has 1 amide bonds. The molecule has 2 aromatic carbocycles. The molecule has 2 aliphatic rings. The van der Waals surface area contributed by atoms with E-state index in [1.165, 1.54) is 17.4 Å². The number of fused-ring (bicyclic) bond motifs is 1. The second-order valence-electron chi connectivity index (χ2n) is 6.97. The molecule has 0 spiro atoms. The van der Waals surface area contributed by atoms with Crippen LogP contribution in [0.4, 0.5) is 16.5 Å². The van der Waals surface area contributed by atoms with E-state index in [9.17, 15) is 14.9 Å². The molecule has 9 nitrogen and oxygen atoms in total. The number of nitrogens with one attached hydrogen (secondary N) is 2. The van der Waals surface area contributed by atoms with Crippen LogP contribution in [0.25, 0.3) is 11.3 Å². The zero-order chi connectivity index (χ0) is 20.7. The number of carbonyl (C=O) groups excluding carboxylic acids is 1. The molecule has 152 valence electrons. The number of thiazole rings is 1. The highest BCUT2D eigenvalue weighted by molar-refractivity contribution is 7.14. The van der Waals surface area contributed by atoms with Gasteiger partial charge in [-0.15, -0.1) is 11.3 Å². The van der Waals surface area contributed by atoms with Crippen molar-refractivity contribution in [3.8, 4) is 22.8 Å². The maximum Gasteiger partial charge on any atom is 0.293 e. The molecule has 0 atom stereocenters. The number of benzene rings is 2. The van der Waals surface area contributed by atoms with E-state index in [1.807, 2.05) is 23.6 Å². The van der Waals surface area contributed by atoms with E-state index in [-0.39, 0.29) is 24.1 Å². The van der Waals surface area contributed by atoms with Gasteiger partial charge in [-0.1, -0.05) is 0 Å². The van der Waals surface area contributed by atoms with Gasteiger partial charge in [-0.2, -0.15) is 0 Å². The number of nitro benzene ring substituents is 1. The SMILES string of the molecule is O=C(Nc1nc(-c2ccc3c(c2)OCO3)cs1)c1ccc(NC2CC2)c([N+](=O)[O-])c1. The third-order valence-electron chi connectivity index (χ3n) is 4.79. The predicted octanol–water partition coefficient (Wildman–Crippen LogP) is 4.27. The van der Waals surface area contributed by atoms with Crippen molar-refractivity contribution in [2.75, 3.05) is 17.4 Å². The van der Waals surface area contributed by atoms with Gasteiger partial charge in [0, 0.05) is 28.6 Å². The summed E-state index contributed by atoms with van der Waals surface area (Å²) >= 11 is 1.27. The molecule has 2 heterocycles. The van der Waals surface area contributed by atoms with Crippen molar-refractivity contribution in [2.24, 2.45) is 0 Å². The van der Waals surface area contributed by atoms with Crippen molar-refractivity contribution in [1.29, 1.82) is 0 Å². The number of rotatable bonds is 6. The second kappa shape index (κ2) is 7.30. The fourth-order valence-corrected chi connectivity index (χ4v) is 3.80. The van der Waals surface area contributed by atoms with E-state index in [1.54, 1.807) is 12.1 Å². The quantitative estimate of drug-likeness (QED) is 0.448. The molecule has 5 rings (SSSR count). The zero-order valence-corrected chi connectivity index (χ0v) is 16.4.